The van der Waals surface area contributed by atoms with Crippen molar-refractivity contribution in [3.8, 4) is 0 Å². The molecule has 10 nitrogen and oxygen atoms in total. The second-order valence-electron chi connectivity index (χ2n) is 12.3. The summed E-state index contributed by atoms with van der Waals surface area (Å²) in [6, 6.07) is 15.6. The van der Waals surface area contributed by atoms with E-state index in [0.29, 0.717) is 22.3 Å². The Morgan fingerprint density at radius 2 is 1.64 bits per heavy atom. The van der Waals surface area contributed by atoms with Crippen molar-refractivity contribution in [2.75, 3.05) is 49.6 Å². The molecule has 0 bridgehead atoms. The Hall–Kier alpha value is -3.62. The first-order chi connectivity index (χ1) is 21.0. The van der Waals surface area contributed by atoms with Crippen LogP contribution in [0.15, 0.2) is 48.5 Å². The van der Waals surface area contributed by atoms with Gasteiger partial charge in [0, 0.05) is 0 Å². The maximum absolute atomic E-state index is 13.9. The number of aryl methyl sites for hydroxylation is 1. The molecule has 0 saturated carbocycles. The number of ether oxygens (including phenoxy) is 1. The fourth-order valence-corrected chi connectivity index (χ4v) is 7.86. The summed E-state index contributed by atoms with van der Waals surface area (Å²) in [6.45, 7) is 14.4. The summed E-state index contributed by atoms with van der Waals surface area (Å²) in [5.41, 5.74) is 4.42. The van der Waals surface area contributed by atoms with Gasteiger partial charge in [0.05, 0.1) is 0 Å². The molecule has 2 aromatic carbocycles. The second kappa shape index (κ2) is 13.2. The number of amides is 2. The molecule has 234 valence electrons. The number of anilines is 2. The number of carbonyl (C=O) groups is 3. The van der Waals surface area contributed by atoms with E-state index in [1.54, 1.807) is 30.6 Å². The summed E-state index contributed by atoms with van der Waals surface area (Å²) in [6.07, 6.45) is 0.204. The Labute approximate surface area is 266 Å². The SMILES string of the molecule is CCc1ccccc1N(CC)C(=O)N1Cc2c([AsH]C(=O)c3ccc(N4CCN(C)CC4)cc3)nn(C(=O)OC(C)(C)C)c2C1. The number of hydrogen-bond donors (Lipinski definition) is 0. The molecule has 1 saturated heterocycles. The molecule has 3 heterocycles. The van der Waals surface area contributed by atoms with Crippen molar-refractivity contribution >= 4 is 48.3 Å². The molecule has 0 N–H and O–H groups in total. The van der Waals surface area contributed by atoms with E-state index < -0.39 is 27.4 Å². The van der Waals surface area contributed by atoms with Crippen molar-refractivity contribution in [2.45, 2.75) is 59.7 Å². The summed E-state index contributed by atoms with van der Waals surface area (Å²) in [4.78, 5) is 48.9. The molecule has 0 spiro atoms. The number of rotatable bonds is 7. The Morgan fingerprint density at radius 1 is 0.955 bits per heavy atom. The number of nitrogens with zero attached hydrogens (tertiary/aromatic N) is 6. The van der Waals surface area contributed by atoms with Crippen molar-refractivity contribution in [1.29, 1.82) is 0 Å². The van der Waals surface area contributed by atoms with Gasteiger partial charge in [0.1, 0.15) is 0 Å². The zero-order valence-electron chi connectivity index (χ0n) is 26.6. The van der Waals surface area contributed by atoms with Gasteiger partial charge in [0.2, 0.25) is 0 Å². The summed E-state index contributed by atoms with van der Waals surface area (Å²) in [7, 11) is 2.13. The van der Waals surface area contributed by atoms with Gasteiger partial charge >= 0.3 is 267 Å². The Morgan fingerprint density at radius 3 is 2.27 bits per heavy atom. The van der Waals surface area contributed by atoms with Crippen LogP contribution in [0.25, 0.3) is 0 Å². The number of benzene rings is 2. The van der Waals surface area contributed by atoms with Gasteiger partial charge in [-0.3, -0.25) is 0 Å². The first kappa shape index (κ1) is 31.8. The molecule has 1 fully saturated rings. The first-order valence-corrected chi connectivity index (χ1v) is 17.4. The van der Waals surface area contributed by atoms with E-state index in [-0.39, 0.29) is 23.7 Å². The van der Waals surface area contributed by atoms with Crippen LogP contribution in [0.3, 0.4) is 0 Å². The number of urea groups is 1. The zero-order chi connectivity index (χ0) is 31.6. The van der Waals surface area contributed by atoms with Crippen molar-refractivity contribution < 1.29 is 19.1 Å². The molecule has 0 radical (unpaired) electrons. The predicted molar refractivity (Wildman–Crippen MR) is 175 cm³/mol. The third-order valence-electron chi connectivity index (χ3n) is 8.06. The fraction of sp³-hybridized carbons (Fsp3) is 0.455. The maximum atomic E-state index is 13.9. The summed E-state index contributed by atoms with van der Waals surface area (Å²) >= 11 is -1.42. The van der Waals surface area contributed by atoms with Crippen LogP contribution in [0.1, 0.15) is 61.8 Å². The van der Waals surface area contributed by atoms with Crippen LogP contribution < -0.4 is 14.3 Å². The zero-order valence-corrected chi connectivity index (χ0v) is 28.7. The number of hydrogen-bond acceptors (Lipinski definition) is 7. The molecular formula is C33H43AsN6O4. The third kappa shape index (κ3) is 6.86. The molecule has 0 aliphatic carbocycles. The van der Waals surface area contributed by atoms with E-state index in [1.807, 2.05) is 55.5 Å². The van der Waals surface area contributed by atoms with E-state index in [4.69, 9.17) is 4.74 Å². The molecule has 44 heavy (non-hydrogen) atoms. The Bertz CT molecular complexity index is 1520. The normalized spacial score (nSPS) is 15.6. The monoisotopic (exact) mass is 662 g/mol. The van der Waals surface area contributed by atoms with Gasteiger partial charge in [-0.2, -0.15) is 0 Å². The van der Waals surface area contributed by atoms with Gasteiger partial charge < -0.3 is 0 Å². The van der Waals surface area contributed by atoms with Gasteiger partial charge in [-0.15, -0.1) is 0 Å². The molecular weight excluding hydrogens is 619 g/mol. The molecule has 1 atom stereocenters. The molecule has 2 aliphatic rings. The van der Waals surface area contributed by atoms with Crippen LogP contribution in [-0.4, -0.2) is 97.4 Å². The van der Waals surface area contributed by atoms with Gasteiger partial charge in [-0.25, -0.2) is 0 Å². The molecule has 5 rings (SSSR count). The molecule has 11 heteroatoms. The van der Waals surface area contributed by atoms with Gasteiger partial charge in [-0.1, -0.05) is 0 Å². The van der Waals surface area contributed by atoms with E-state index >= 15 is 0 Å². The van der Waals surface area contributed by atoms with Crippen molar-refractivity contribution in [2.24, 2.45) is 0 Å². The van der Waals surface area contributed by atoms with Crippen molar-refractivity contribution in [3.63, 3.8) is 0 Å². The van der Waals surface area contributed by atoms with Crippen LogP contribution >= 0.6 is 0 Å². The Balaban J connectivity index is 1.39. The average molecular weight is 663 g/mol. The molecule has 2 amide bonds. The van der Waals surface area contributed by atoms with Crippen molar-refractivity contribution in [1.82, 2.24) is 19.6 Å². The quantitative estimate of drug-likeness (QED) is 0.355. The number of carbonyl (C=O) groups excluding carboxylic acids is 3. The van der Waals surface area contributed by atoms with E-state index in [2.05, 4.69) is 28.9 Å². The minimum absolute atomic E-state index is 0.0309. The van der Waals surface area contributed by atoms with Gasteiger partial charge in [0.15, 0.2) is 0 Å². The van der Waals surface area contributed by atoms with Crippen LogP contribution in [0.2, 0.25) is 0 Å². The number of piperazine rings is 1. The fourth-order valence-electron chi connectivity index (χ4n) is 5.65. The topological polar surface area (TPSA) is 91.2 Å². The molecule has 1 aromatic heterocycles. The number of aromatic nitrogens is 2. The minimum atomic E-state index is -1.42. The molecule has 1 unspecified atom stereocenters. The third-order valence-corrected chi connectivity index (χ3v) is 10.5. The van der Waals surface area contributed by atoms with Crippen LogP contribution in [0.5, 0.6) is 0 Å². The van der Waals surface area contributed by atoms with Crippen molar-refractivity contribution in [3.05, 3.63) is 70.9 Å². The van der Waals surface area contributed by atoms with Crippen LogP contribution in [-0.2, 0) is 24.2 Å². The van der Waals surface area contributed by atoms with E-state index in [0.717, 1.165) is 55.1 Å². The number of para-hydroxylation sites is 1. The number of likely N-dealkylation sites (N-methyl/N-ethyl adjacent to an activating group) is 1. The second-order valence-corrected chi connectivity index (χ2v) is 14.8. The average Bonchev–Trinajstić information content (AvgIpc) is 3.58. The summed E-state index contributed by atoms with van der Waals surface area (Å²) in [5.74, 6) is 0. The summed E-state index contributed by atoms with van der Waals surface area (Å²) < 4.78 is 7.58. The molecule has 2 aliphatic heterocycles. The number of fused-ring (bicyclic) bond motifs is 1. The molecule has 3 aromatic rings. The first-order valence-electron chi connectivity index (χ1n) is 15.3. The van der Waals surface area contributed by atoms with E-state index in [1.165, 1.54) is 4.68 Å². The summed E-state index contributed by atoms with van der Waals surface area (Å²) in [5, 5.41) is 4.64. The van der Waals surface area contributed by atoms with Crippen LogP contribution in [0, 0.1) is 0 Å². The predicted octanol–water partition coefficient (Wildman–Crippen LogP) is 3.84. The van der Waals surface area contributed by atoms with E-state index in [9.17, 15) is 14.4 Å². The van der Waals surface area contributed by atoms with Crippen LogP contribution in [0.4, 0.5) is 21.0 Å². The Kier molecular flexibility index (Phi) is 9.51. The standard InChI is InChI=1S/C33H43AsN6O4/c1-7-23-11-9-10-12-27(23)39(8-2)31(42)38-21-26-28(22-38)40(32(43)44-33(3,4)5)35-29(26)34-30(41)24-13-15-25(16-14-24)37-19-17-36(6)18-20-37/h9-16,34H,7-8,17-22H2,1-6H3. The van der Waals surface area contributed by atoms with Gasteiger partial charge in [-0.05, 0) is 0 Å². The van der Waals surface area contributed by atoms with Gasteiger partial charge in [0.25, 0.3) is 0 Å².